The number of nitrogens with zero attached hydrogens (tertiary/aromatic N) is 3. The van der Waals surface area contributed by atoms with E-state index in [0.717, 1.165) is 11.8 Å². The van der Waals surface area contributed by atoms with Crippen LogP contribution in [-0.2, 0) is 4.79 Å². The van der Waals surface area contributed by atoms with Gasteiger partial charge in [0, 0.05) is 0 Å². The van der Waals surface area contributed by atoms with Crippen molar-refractivity contribution >= 4 is 58.0 Å². The van der Waals surface area contributed by atoms with E-state index in [1.165, 1.54) is 10.8 Å². The van der Waals surface area contributed by atoms with Crippen molar-refractivity contribution in [1.29, 1.82) is 0 Å². The maximum Gasteiger partial charge on any atom is 0.266 e. The van der Waals surface area contributed by atoms with E-state index in [2.05, 4.69) is 15.5 Å². The lowest BCUT2D eigenvalue weighted by molar-refractivity contribution is -0.118. The number of nitrogens with one attached hydrogen (secondary N) is 1. The minimum atomic E-state index is -0.340. The van der Waals surface area contributed by atoms with Crippen LogP contribution in [0.25, 0.3) is 16.6 Å². The summed E-state index contributed by atoms with van der Waals surface area (Å²) in [6.45, 7) is 0. The maximum atomic E-state index is 13.1. The Kier molecular flexibility index (Phi) is 6.90. The quantitative estimate of drug-likeness (QED) is 0.183. The van der Waals surface area contributed by atoms with Crippen molar-refractivity contribution in [3.8, 4) is 5.69 Å². The highest BCUT2D eigenvalue weighted by molar-refractivity contribution is 7.99. The summed E-state index contributed by atoms with van der Waals surface area (Å²) in [6, 6.07) is 21.4. The normalized spacial score (nSPS) is 11.2. The van der Waals surface area contributed by atoms with E-state index in [9.17, 15) is 9.59 Å². The van der Waals surface area contributed by atoms with E-state index in [0.29, 0.717) is 37.4 Å². The van der Waals surface area contributed by atoms with Crippen LogP contribution < -0.4 is 11.0 Å². The molecule has 1 N–H and O–H groups in total. The highest BCUT2D eigenvalue weighted by Gasteiger charge is 2.14. The number of para-hydroxylation sites is 2. The van der Waals surface area contributed by atoms with Crippen molar-refractivity contribution in [3.63, 3.8) is 0 Å². The fraction of sp³-hybridized carbons (Fsp3) is 0.0435. The fourth-order valence-electron chi connectivity index (χ4n) is 2.95. The zero-order valence-corrected chi connectivity index (χ0v) is 18.9. The predicted molar refractivity (Wildman–Crippen MR) is 130 cm³/mol. The standard InChI is InChI=1S/C23H16Cl2N4O2S/c24-18-11-10-15(12-19(18)25)13-26-28-21(30)14-32-23-27-20-9-5-4-8-17(20)22(31)29(23)16-6-2-1-3-7-16/h1-13H,14H2,(H,28,30)/b26-13+. The van der Waals surface area contributed by atoms with Gasteiger partial charge in [0.15, 0.2) is 5.16 Å². The third-order valence-electron chi connectivity index (χ3n) is 4.44. The number of hydrazone groups is 1. The molecule has 9 heteroatoms. The van der Waals surface area contributed by atoms with Crippen LogP contribution in [0.4, 0.5) is 0 Å². The van der Waals surface area contributed by atoms with Crippen LogP contribution in [0.3, 0.4) is 0 Å². The number of fused-ring (bicyclic) bond motifs is 1. The lowest BCUT2D eigenvalue weighted by Gasteiger charge is -2.12. The summed E-state index contributed by atoms with van der Waals surface area (Å²) in [7, 11) is 0. The van der Waals surface area contributed by atoms with Gasteiger partial charge in [-0.1, -0.05) is 71.4 Å². The first-order chi connectivity index (χ1) is 15.5. The fourth-order valence-corrected chi connectivity index (χ4v) is 4.06. The molecule has 1 amide bonds. The molecule has 4 rings (SSSR count). The molecule has 0 unspecified atom stereocenters. The van der Waals surface area contributed by atoms with E-state index in [4.69, 9.17) is 23.2 Å². The summed E-state index contributed by atoms with van der Waals surface area (Å²) in [5.74, 6) is -0.315. The smallest absolute Gasteiger partial charge is 0.266 e. The Morgan fingerprint density at radius 1 is 1.03 bits per heavy atom. The molecular formula is C23H16Cl2N4O2S. The summed E-state index contributed by atoms with van der Waals surface area (Å²) in [6.07, 6.45) is 1.47. The molecule has 160 valence electrons. The molecule has 4 aromatic rings. The molecule has 0 radical (unpaired) electrons. The number of rotatable bonds is 6. The van der Waals surface area contributed by atoms with Crippen LogP contribution >= 0.6 is 35.0 Å². The van der Waals surface area contributed by atoms with Gasteiger partial charge in [-0.2, -0.15) is 5.10 Å². The first-order valence-corrected chi connectivity index (χ1v) is 11.2. The Labute approximate surface area is 197 Å². The Hall–Kier alpha value is -3.13. The van der Waals surface area contributed by atoms with Crippen LogP contribution in [-0.4, -0.2) is 27.4 Å². The van der Waals surface area contributed by atoms with Crippen molar-refractivity contribution in [2.75, 3.05) is 5.75 Å². The number of carbonyl (C=O) groups is 1. The molecule has 0 aliphatic carbocycles. The number of carbonyl (C=O) groups excluding carboxylic acids is 1. The SMILES string of the molecule is O=C(CSc1nc2ccccc2c(=O)n1-c1ccccc1)N/N=C/c1ccc(Cl)c(Cl)c1. The minimum absolute atomic E-state index is 0.0241. The number of thioether (sulfide) groups is 1. The molecule has 32 heavy (non-hydrogen) atoms. The number of amides is 1. The first-order valence-electron chi connectivity index (χ1n) is 9.50. The molecule has 0 spiro atoms. The number of aromatic nitrogens is 2. The van der Waals surface area contributed by atoms with Crippen molar-refractivity contribution < 1.29 is 4.79 Å². The molecule has 0 saturated carbocycles. The number of hydrogen-bond acceptors (Lipinski definition) is 5. The van der Waals surface area contributed by atoms with Gasteiger partial charge in [0.1, 0.15) is 0 Å². The van der Waals surface area contributed by atoms with Gasteiger partial charge in [-0.25, -0.2) is 10.4 Å². The number of hydrogen-bond donors (Lipinski definition) is 1. The van der Waals surface area contributed by atoms with E-state index < -0.39 is 0 Å². The summed E-state index contributed by atoms with van der Waals surface area (Å²) in [5, 5.41) is 5.72. The highest BCUT2D eigenvalue weighted by atomic mass is 35.5. The third-order valence-corrected chi connectivity index (χ3v) is 6.12. The van der Waals surface area contributed by atoms with Crippen LogP contribution in [0.15, 0.2) is 87.8 Å². The Balaban J connectivity index is 1.53. The molecule has 0 saturated heterocycles. The van der Waals surface area contributed by atoms with Gasteiger partial charge >= 0.3 is 0 Å². The lowest BCUT2D eigenvalue weighted by atomic mass is 10.2. The zero-order valence-electron chi connectivity index (χ0n) is 16.5. The first kappa shape index (κ1) is 22.1. The molecule has 6 nitrogen and oxygen atoms in total. The second-order valence-corrected chi connectivity index (χ2v) is 8.40. The molecule has 0 atom stereocenters. The van der Waals surface area contributed by atoms with Crippen molar-refractivity contribution in [2.45, 2.75) is 5.16 Å². The van der Waals surface area contributed by atoms with Gasteiger partial charge in [-0.3, -0.25) is 14.2 Å². The Bertz CT molecular complexity index is 1370. The van der Waals surface area contributed by atoms with Gasteiger partial charge in [0.05, 0.1) is 38.6 Å². The van der Waals surface area contributed by atoms with Crippen LogP contribution in [0.5, 0.6) is 0 Å². The molecule has 0 bridgehead atoms. The monoisotopic (exact) mass is 482 g/mol. The largest absolute Gasteiger partial charge is 0.272 e. The van der Waals surface area contributed by atoms with Crippen molar-refractivity contribution in [2.24, 2.45) is 5.10 Å². The summed E-state index contributed by atoms with van der Waals surface area (Å²) in [4.78, 5) is 30.1. The van der Waals surface area contributed by atoms with Gasteiger partial charge in [0.25, 0.3) is 11.5 Å². The third kappa shape index (κ3) is 5.02. The van der Waals surface area contributed by atoms with E-state index in [-0.39, 0.29) is 17.2 Å². The minimum Gasteiger partial charge on any atom is -0.272 e. The molecule has 1 aromatic heterocycles. The van der Waals surface area contributed by atoms with E-state index in [1.54, 1.807) is 36.4 Å². The summed E-state index contributed by atoms with van der Waals surface area (Å²) in [5.41, 5.74) is 4.22. The second kappa shape index (κ2) is 9.99. The predicted octanol–water partition coefficient (Wildman–Crippen LogP) is 4.93. The van der Waals surface area contributed by atoms with Gasteiger partial charge in [-0.05, 0) is 42.0 Å². The molecule has 0 aliphatic rings. The van der Waals surface area contributed by atoms with Crippen LogP contribution in [0.1, 0.15) is 5.56 Å². The van der Waals surface area contributed by atoms with Gasteiger partial charge in [0.2, 0.25) is 0 Å². The zero-order chi connectivity index (χ0) is 22.5. The number of benzene rings is 3. The summed E-state index contributed by atoms with van der Waals surface area (Å²) >= 11 is 13.0. The maximum absolute atomic E-state index is 13.1. The summed E-state index contributed by atoms with van der Waals surface area (Å²) < 4.78 is 1.51. The molecular weight excluding hydrogens is 467 g/mol. The lowest BCUT2D eigenvalue weighted by Crippen LogP contribution is -2.24. The average molecular weight is 483 g/mol. The second-order valence-electron chi connectivity index (χ2n) is 6.64. The van der Waals surface area contributed by atoms with Crippen LogP contribution in [0.2, 0.25) is 10.0 Å². The average Bonchev–Trinajstić information content (AvgIpc) is 2.81. The highest BCUT2D eigenvalue weighted by Crippen LogP contribution is 2.22. The Morgan fingerprint density at radius 3 is 2.56 bits per heavy atom. The Morgan fingerprint density at radius 2 is 1.78 bits per heavy atom. The topological polar surface area (TPSA) is 76.3 Å². The van der Waals surface area contributed by atoms with Crippen molar-refractivity contribution in [1.82, 2.24) is 15.0 Å². The van der Waals surface area contributed by atoms with Crippen LogP contribution in [0, 0.1) is 0 Å². The van der Waals surface area contributed by atoms with Crippen molar-refractivity contribution in [3.05, 3.63) is 98.8 Å². The number of halogens is 2. The van der Waals surface area contributed by atoms with Gasteiger partial charge in [-0.15, -0.1) is 0 Å². The molecule has 0 fully saturated rings. The van der Waals surface area contributed by atoms with Gasteiger partial charge < -0.3 is 0 Å². The molecule has 3 aromatic carbocycles. The molecule has 0 aliphatic heterocycles. The van der Waals surface area contributed by atoms with E-state index in [1.807, 2.05) is 36.4 Å². The molecule has 1 heterocycles. The van der Waals surface area contributed by atoms with E-state index >= 15 is 0 Å².